The van der Waals surface area contributed by atoms with Crippen LogP contribution in [0.15, 0.2) is 66.7 Å². The van der Waals surface area contributed by atoms with Crippen molar-refractivity contribution >= 4 is 46.8 Å². The number of hydrogen-bond acceptors (Lipinski definition) is 9. The highest BCUT2D eigenvalue weighted by molar-refractivity contribution is 6.31. The molecule has 334 valence electrons. The zero-order valence-corrected chi connectivity index (χ0v) is 38.2. The Morgan fingerprint density at radius 2 is 1.55 bits per heavy atom. The topological polar surface area (TPSA) is 179 Å². The number of halogens is 2. The van der Waals surface area contributed by atoms with Gasteiger partial charge in [-0.15, -0.1) is 0 Å². The number of rotatable bonds is 17. The predicted molar refractivity (Wildman–Crippen MR) is 237 cm³/mol. The lowest BCUT2D eigenvalue weighted by Crippen LogP contribution is -2.74. The van der Waals surface area contributed by atoms with Crippen LogP contribution in [-0.4, -0.2) is 90.3 Å². The minimum absolute atomic E-state index is 0.0265. The average Bonchev–Trinajstić information content (AvgIpc) is 3.61. The number of carbonyl (C=O) groups is 4. The molecule has 1 saturated heterocycles. The Bertz CT molecular complexity index is 2100. The lowest BCUT2D eigenvalue weighted by molar-refractivity contribution is -0.164. The number of amides is 4. The molecule has 4 N–H and O–H groups in total. The van der Waals surface area contributed by atoms with E-state index >= 15 is 0 Å². The Kier molecular flexibility index (Phi) is 15.6. The van der Waals surface area contributed by atoms with Gasteiger partial charge in [-0.25, -0.2) is 0 Å². The van der Waals surface area contributed by atoms with Crippen LogP contribution in [0.2, 0.25) is 10.0 Å². The van der Waals surface area contributed by atoms with Gasteiger partial charge in [-0.05, 0) is 79.3 Å². The van der Waals surface area contributed by atoms with Crippen LogP contribution in [0.25, 0.3) is 0 Å². The van der Waals surface area contributed by atoms with Gasteiger partial charge in [0.25, 0.3) is 5.91 Å². The van der Waals surface area contributed by atoms with Gasteiger partial charge in [0.05, 0.1) is 29.3 Å². The molecule has 1 unspecified atom stereocenters. The van der Waals surface area contributed by atoms with E-state index in [1.807, 2.05) is 39.8 Å². The molecule has 0 bridgehead atoms. The molecule has 1 aliphatic carbocycles. The molecule has 3 aromatic rings. The second-order valence-corrected chi connectivity index (χ2v) is 19.3. The molecular weight excluding hydrogens is 833 g/mol. The Hall–Kier alpha value is -4.87. The molecule has 1 saturated carbocycles. The maximum Gasteiger partial charge on any atom is 0.251 e. The molecule has 13 nitrogen and oxygen atoms in total. The number of aliphatic hydroxyl groups is 1. The number of nitrogens with one attached hydrogen (secondary N) is 3. The molecule has 5 rings (SSSR count). The first-order chi connectivity index (χ1) is 29.1. The Morgan fingerprint density at radius 1 is 0.919 bits per heavy atom. The van der Waals surface area contributed by atoms with Crippen LogP contribution in [0.5, 0.6) is 11.5 Å². The minimum Gasteiger partial charge on any atom is -0.494 e. The maximum atomic E-state index is 13.9. The largest absolute Gasteiger partial charge is 0.494 e. The lowest BCUT2D eigenvalue weighted by atomic mass is 9.49. The van der Waals surface area contributed by atoms with E-state index in [0.717, 1.165) is 5.56 Å². The summed E-state index contributed by atoms with van der Waals surface area (Å²) in [4.78, 5) is 55.0. The van der Waals surface area contributed by atoms with E-state index in [1.54, 1.807) is 54.6 Å². The van der Waals surface area contributed by atoms with Gasteiger partial charge < -0.3 is 40.2 Å². The Balaban J connectivity index is 1.02. The number of carbonyl (C=O) groups excluding carboxylic acids is 4. The van der Waals surface area contributed by atoms with E-state index in [9.17, 15) is 29.5 Å². The SMILES string of the molecule is C[C@H](NC(=O)[C@@H]1C[C@@H](O)CN1C(=O)C(NC(=O)COCCCCOc1ccc(C(=O)N[C@H]2C(C)(C)[C@H](Oc3ccc(C#N)c(Cl)c3)C2(C)C)cc1)C(C)(C)C)c1ccc(Cl)cc1. The number of likely N-dealkylation sites (tertiary alicyclic amines) is 1. The van der Waals surface area contributed by atoms with Crippen LogP contribution in [-0.2, 0) is 19.1 Å². The van der Waals surface area contributed by atoms with Crippen molar-refractivity contribution in [3.63, 3.8) is 0 Å². The van der Waals surface area contributed by atoms with Gasteiger partial charge in [-0.3, -0.25) is 19.2 Å². The molecule has 15 heteroatoms. The van der Waals surface area contributed by atoms with Gasteiger partial charge in [0.15, 0.2) is 0 Å². The van der Waals surface area contributed by atoms with Crippen LogP contribution in [0.3, 0.4) is 0 Å². The molecule has 1 aliphatic heterocycles. The molecule has 4 amide bonds. The average molecular weight is 893 g/mol. The summed E-state index contributed by atoms with van der Waals surface area (Å²) in [5, 5.41) is 29.5. The second-order valence-electron chi connectivity index (χ2n) is 18.5. The molecule has 1 heterocycles. The van der Waals surface area contributed by atoms with Crippen molar-refractivity contribution in [2.75, 3.05) is 26.4 Å². The van der Waals surface area contributed by atoms with Crippen LogP contribution >= 0.6 is 23.2 Å². The van der Waals surface area contributed by atoms with E-state index < -0.39 is 52.2 Å². The zero-order chi connectivity index (χ0) is 45.6. The summed E-state index contributed by atoms with van der Waals surface area (Å²) >= 11 is 12.2. The van der Waals surface area contributed by atoms with Crippen LogP contribution in [0.4, 0.5) is 0 Å². The maximum absolute atomic E-state index is 13.9. The smallest absolute Gasteiger partial charge is 0.251 e. The summed E-state index contributed by atoms with van der Waals surface area (Å²) in [5.41, 5.74) is 0.222. The van der Waals surface area contributed by atoms with Crippen molar-refractivity contribution in [1.29, 1.82) is 5.26 Å². The van der Waals surface area contributed by atoms with Gasteiger partial charge in [0.1, 0.15) is 42.4 Å². The fraction of sp³-hybridized carbons (Fsp3) is 0.511. The van der Waals surface area contributed by atoms with E-state index in [-0.39, 0.29) is 50.3 Å². The number of ether oxygens (including phenoxy) is 3. The summed E-state index contributed by atoms with van der Waals surface area (Å²) < 4.78 is 17.8. The molecule has 0 spiro atoms. The van der Waals surface area contributed by atoms with Gasteiger partial charge >= 0.3 is 0 Å². The van der Waals surface area contributed by atoms with Gasteiger partial charge in [-0.1, -0.05) is 83.8 Å². The molecule has 0 radical (unpaired) electrons. The van der Waals surface area contributed by atoms with Crippen molar-refractivity contribution in [2.45, 2.75) is 111 Å². The van der Waals surface area contributed by atoms with Crippen molar-refractivity contribution in [3.8, 4) is 17.6 Å². The molecular formula is C47H59Cl2N5O8. The molecule has 0 aromatic heterocycles. The Labute approximate surface area is 374 Å². The molecule has 4 atom stereocenters. The number of nitrogens with zero attached hydrogens (tertiary/aromatic N) is 2. The standard InChI is InChI=1S/C47H59Cl2N5O8/c1-28(29-11-16-32(48)17-12-29)51-41(58)37-23-33(55)26-54(37)42(59)39(45(2,3)4)52-38(56)27-60-21-9-10-22-61-34-18-13-30(14-19-34)40(57)53-43-46(5,6)44(47(43,7)8)62-35-20-15-31(25-50)36(49)24-35/h11-20,24,28,33,37,39,43-44,55H,9-10,21-23,26-27H2,1-8H3,(H,51,58)(H,52,56)(H,53,57)/t28-,33+,37-,39?,43-,44-/m0/s1. The number of β-amino-alcohol motifs (C(OH)–C–C–N with tert-alkyl or cyclic N) is 1. The number of aliphatic hydroxyl groups excluding tert-OH is 1. The second kappa shape index (κ2) is 20.1. The quantitative estimate of drug-likeness (QED) is 0.104. The first kappa shape index (κ1) is 48.2. The summed E-state index contributed by atoms with van der Waals surface area (Å²) in [7, 11) is 0. The van der Waals surface area contributed by atoms with Crippen molar-refractivity contribution in [2.24, 2.45) is 16.2 Å². The van der Waals surface area contributed by atoms with E-state index in [4.69, 9.17) is 37.4 Å². The van der Waals surface area contributed by atoms with Crippen LogP contribution in [0.1, 0.15) is 102 Å². The van der Waals surface area contributed by atoms with Crippen LogP contribution in [0, 0.1) is 27.6 Å². The minimum atomic E-state index is -0.968. The monoisotopic (exact) mass is 891 g/mol. The molecule has 2 aliphatic rings. The molecule has 62 heavy (non-hydrogen) atoms. The fourth-order valence-electron chi connectivity index (χ4n) is 8.64. The number of nitriles is 1. The Morgan fingerprint density at radius 3 is 2.16 bits per heavy atom. The summed E-state index contributed by atoms with van der Waals surface area (Å²) in [6.07, 6.45) is 0.244. The predicted octanol–water partition coefficient (Wildman–Crippen LogP) is 7.02. The highest BCUT2D eigenvalue weighted by Crippen LogP contribution is 2.55. The van der Waals surface area contributed by atoms with Gasteiger partial charge in [0, 0.05) is 53.1 Å². The van der Waals surface area contributed by atoms with E-state index in [0.29, 0.717) is 52.1 Å². The highest BCUT2D eigenvalue weighted by Gasteiger charge is 2.64. The number of benzene rings is 3. The molecule has 3 aromatic carbocycles. The lowest BCUT2D eigenvalue weighted by Gasteiger charge is -2.63. The molecule has 2 fully saturated rings. The van der Waals surface area contributed by atoms with Crippen molar-refractivity contribution in [1.82, 2.24) is 20.9 Å². The third kappa shape index (κ3) is 11.6. The van der Waals surface area contributed by atoms with Gasteiger partial charge in [0.2, 0.25) is 17.7 Å². The van der Waals surface area contributed by atoms with Crippen molar-refractivity contribution in [3.05, 3.63) is 93.5 Å². The first-order valence-corrected chi connectivity index (χ1v) is 21.7. The normalized spacial score (nSPS) is 21.1. The van der Waals surface area contributed by atoms with Crippen molar-refractivity contribution < 1.29 is 38.5 Å². The summed E-state index contributed by atoms with van der Waals surface area (Å²) in [6.45, 7) is 15.9. The highest BCUT2D eigenvalue weighted by atomic mass is 35.5. The van der Waals surface area contributed by atoms with E-state index in [1.165, 1.54) is 4.90 Å². The van der Waals surface area contributed by atoms with E-state index in [2.05, 4.69) is 49.7 Å². The van der Waals surface area contributed by atoms with Crippen LogP contribution < -0.4 is 25.4 Å². The third-order valence-electron chi connectivity index (χ3n) is 11.7. The summed E-state index contributed by atoms with van der Waals surface area (Å²) in [5.74, 6) is -0.343. The number of hydrogen-bond donors (Lipinski definition) is 4. The number of unbranched alkanes of at least 4 members (excludes halogenated alkanes) is 1. The third-order valence-corrected chi connectivity index (χ3v) is 12.3. The zero-order valence-electron chi connectivity index (χ0n) is 36.7. The first-order valence-electron chi connectivity index (χ1n) is 20.9. The summed E-state index contributed by atoms with van der Waals surface area (Å²) in [6, 6.07) is 18.7. The fourth-order valence-corrected chi connectivity index (χ4v) is 8.98. The van der Waals surface area contributed by atoms with Gasteiger partial charge in [-0.2, -0.15) is 5.26 Å².